The first kappa shape index (κ1) is 33.6. The molecule has 0 bridgehead atoms. The average Bonchev–Trinajstić information content (AvgIpc) is 3.68. The smallest absolute Gasteiger partial charge is 0.164 e. The summed E-state index contributed by atoms with van der Waals surface area (Å²) >= 11 is 0. The van der Waals surface area contributed by atoms with E-state index in [2.05, 4.69) is 109 Å². The highest BCUT2D eigenvalue weighted by Gasteiger charge is 2.17. The van der Waals surface area contributed by atoms with Crippen molar-refractivity contribution in [1.82, 2.24) is 15.0 Å². The average molecular weight is 729 g/mol. The lowest BCUT2D eigenvalue weighted by Gasteiger charge is -2.10. The summed E-state index contributed by atoms with van der Waals surface area (Å²) in [6.45, 7) is 0. The number of nitriles is 1. The molecule has 0 aliphatic carbocycles. The molecule has 10 rings (SSSR count). The fraction of sp³-hybridized carbons (Fsp3) is 0. The van der Waals surface area contributed by atoms with Crippen molar-refractivity contribution in [1.29, 1.82) is 5.26 Å². The molecule has 2 aromatic heterocycles. The van der Waals surface area contributed by atoms with E-state index in [1.54, 1.807) is 0 Å². The zero-order valence-corrected chi connectivity index (χ0v) is 30.7. The highest BCUT2D eigenvalue weighted by atomic mass is 16.3. The maximum atomic E-state index is 9.43. The van der Waals surface area contributed by atoms with Crippen LogP contribution in [0.1, 0.15) is 5.56 Å². The summed E-state index contributed by atoms with van der Waals surface area (Å²) in [6, 6.07) is 68.2. The first-order chi connectivity index (χ1) is 28.2. The molecule has 2 heterocycles. The highest BCUT2D eigenvalue weighted by molar-refractivity contribution is 6.13. The van der Waals surface area contributed by atoms with Crippen LogP contribution in [0.25, 0.3) is 101 Å². The number of hydrogen-bond acceptors (Lipinski definition) is 5. The molecular formula is C52H32N4O. The van der Waals surface area contributed by atoms with Crippen molar-refractivity contribution in [2.45, 2.75) is 0 Å². The van der Waals surface area contributed by atoms with E-state index >= 15 is 0 Å². The second kappa shape index (κ2) is 14.4. The van der Waals surface area contributed by atoms with Crippen LogP contribution in [0.15, 0.2) is 199 Å². The minimum Gasteiger partial charge on any atom is -0.456 e. The topological polar surface area (TPSA) is 75.6 Å². The molecule has 266 valence electrons. The third kappa shape index (κ3) is 6.52. The van der Waals surface area contributed by atoms with Crippen LogP contribution in [-0.2, 0) is 0 Å². The van der Waals surface area contributed by atoms with E-state index < -0.39 is 0 Å². The predicted molar refractivity (Wildman–Crippen MR) is 230 cm³/mol. The lowest BCUT2D eigenvalue weighted by molar-refractivity contribution is 0.669. The summed E-state index contributed by atoms with van der Waals surface area (Å²) in [5.41, 5.74) is 13.6. The van der Waals surface area contributed by atoms with Crippen molar-refractivity contribution in [2.75, 3.05) is 0 Å². The van der Waals surface area contributed by atoms with Crippen LogP contribution in [0.3, 0.4) is 0 Å². The van der Waals surface area contributed by atoms with Gasteiger partial charge < -0.3 is 4.42 Å². The second-order valence-corrected chi connectivity index (χ2v) is 14.0. The van der Waals surface area contributed by atoms with Crippen LogP contribution in [0.5, 0.6) is 0 Å². The largest absolute Gasteiger partial charge is 0.456 e. The molecule has 0 atom stereocenters. The number of nitrogens with zero attached hydrogens (tertiary/aromatic N) is 4. The summed E-state index contributed by atoms with van der Waals surface area (Å²) in [7, 11) is 0. The zero-order valence-electron chi connectivity index (χ0n) is 30.7. The molecule has 57 heavy (non-hydrogen) atoms. The van der Waals surface area contributed by atoms with Crippen LogP contribution >= 0.6 is 0 Å². The number of aromatic nitrogens is 3. The lowest BCUT2D eigenvalue weighted by atomic mass is 9.96. The standard InChI is InChI=1S/C52H32N4O/c53-33-34-9-7-14-43(31-34)39-21-27-42(28-22-39)51-54-50(41-25-19-38(20-26-41)36-12-5-2-6-13-36)55-52(56-51)44-29-30-46-48(32-44)57-47-16-8-15-45(49(46)47)40-23-17-37(18-24-40)35-10-3-1-4-11-35/h1-32H. The van der Waals surface area contributed by atoms with Gasteiger partial charge in [0.25, 0.3) is 0 Å². The maximum absolute atomic E-state index is 9.43. The third-order valence-corrected chi connectivity index (χ3v) is 10.4. The predicted octanol–water partition coefficient (Wildman–Crippen LogP) is 13.3. The monoisotopic (exact) mass is 728 g/mol. The summed E-state index contributed by atoms with van der Waals surface area (Å²) in [6.07, 6.45) is 0. The van der Waals surface area contributed by atoms with Gasteiger partial charge in [0.2, 0.25) is 0 Å². The number of fused-ring (bicyclic) bond motifs is 3. The number of rotatable bonds is 7. The van der Waals surface area contributed by atoms with Crippen LogP contribution in [0.2, 0.25) is 0 Å². The first-order valence-electron chi connectivity index (χ1n) is 18.8. The Morgan fingerprint density at radius 1 is 0.351 bits per heavy atom. The quantitative estimate of drug-likeness (QED) is 0.163. The van der Waals surface area contributed by atoms with Gasteiger partial charge in [-0.2, -0.15) is 5.26 Å². The fourth-order valence-corrected chi connectivity index (χ4v) is 7.46. The van der Waals surface area contributed by atoms with Gasteiger partial charge in [0.1, 0.15) is 11.2 Å². The van der Waals surface area contributed by atoms with E-state index in [1.165, 1.54) is 11.1 Å². The van der Waals surface area contributed by atoms with Gasteiger partial charge in [-0.05, 0) is 74.8 Å². The molecule has 0 fully saturated rings. The van der Waals surface area contributed by atoms with Gasteiger partial charge in [0.05, 0.1) is 11.6 Å². The zero-order chi connectivity index (χ0) is 38.1. The molecular weight excluding hydrogens is 697 g/mol. The van der Waals surface area contributed by atoms with Crippen molar-refractivity contribution >= 4 is 21.9 Å². The van der Waals surface area contributed by atoms with Crippen LogP contribution in [0, 0.1) is 11.3 Å². The minimum atomic E-state index is 0.548. The summed E-state index contributed by atoms with van der Waals surface area (Å²) in [4.78, 5) is 15.1. The van der Waals surface area contributed by atoms with Gasteiger partial charge >= 0.3 is 0 Å². The normalized spacial score (nSPS) is 11.1. The van der Waals surface area contributed by atoms with E-state index in [9.17, 15) is 5.26 Å². The molecule has 0 aliphatic rings. The molecule has 5 heteroatoms. The minimum absolute atomic E-state index is 0.548. The van der Waals surface area contributed by atoms with Gasteiger partial charge in [-0.3, -0.25) is 0 Å². The molecule has 10 aromatic rings. The molecule has 0 saturated carbocycles. The van der Waals surface area contributed by atoms with E-state index in [0.717, 1.165) is 72.0 Å². The Morgan fingerprint density at radius 2 is 0.807 bits per heavy atom. The highest BCUT2D eigenvalue weighted by Crippen LogP contribution is 2.39. The van der Waals surface area contributed by atoms with E-state index in [0.29, 0.717) is 23.0 Å². The Bertz CT molecular complexity index is 3090. The molecule has 0 aliphatic heterocycles. The van der Waals surface area contributed by atoms with Gasteiger partial charge in [0, 0.05) is 27.5 Å². The van der Waals surface area contributed by atoms with Crippen LogP contribution < -0.4 is 0 Å². The summed E-state index contributed by atoms with van der Waals surface area (Å²) in [5.74, 6) is 1.68. The van der Waals surface area contributed by atoms with Gasteiger partial charge in [0.15, 0.2) is 17.5 Å². The van der Waals surface area contributed by atoms with Crippen molar-refractivity contribution < 1.29 is 4.42 Å². The molecule has 5 nitrogen and oxygen atoms in total. The van der Waals surface area contributed by atoms with E-state index in [4.69, 9.17) is 19.4 Å². The van der Waals surface area contributed by atoms with Gasteiger partial charge in [-0.25, -0.2) is 15.0 Å². The molecule has 0 N–H and O–H groups in total. The summed E-state index contributed by atoms with van der Waals surface area (Å²) < 4.78 is 6.54. The second-order valence-electron chi connectivity index (χ2n) is 14.0. The number of hydrogen-bond donors (Lipinski definition) is 0. The van der Waals surface area contributed by atoms with E-state index in [1.807, 2.05) is 91.0 Å². The molecule has 0 radical (unpaired) electrons. The third-order valence-electron chi connectivity index (χ3n) is 10.4. The Balaban J connectivity index is 1.05. The van der Waals surface area contributed by atoms with Crippen molar-refractivity contribution in [3.05, 3.63) is 200 Å². The van der Waals surface area contributed by atoms with Crippen LogP contribution in [0.4, 0.5) is 0 Å². The maximum Gasteiger partial charge on any atom is 0.164 e. The van der Waals surface area contributed by atoms with Crippen molar-refractivity contribution in [2.24, 2.45) is 0 Å². The molecule has 0 amide bonds. The molecule has 0 saturated heterocycles. The number of furan rings is 1. The molecule has 0 unspecified atom stereocenters. The van der Waals surface area contributed by atoms with Gasteiger partial charge in [-0.1, -0.05) is 164 Å². The fourth-order valence-electron chi connectivity index (χ4n) is 7.46. The Hall–Kier alpha value is -7.94. The number of benzene rings is 8. The Labute approximate surface area is 329 Å². The molecule has 0 spiro atoms. The Kier molecular flexibility index (Phi) is 8.48. The summed E-state index contributed by atoms with van der Waals surface area (Å²) in [5, 5.41) is 11.5. The molecule has 8 aromatic carbocycles. The van der Waals surface area contributed by atoms with Crippen molar-refractivity contribution in [3.8, 4) is 84.7 Å². The lowest BCUT2D eigenvalue weighted by Crippen LogP contribution is -2.00. The SMILES string of the molecule is N#Cc1cccc(-c2ccc(-c3nc(-c4ccc(-c5ccccc5)cc4)nc(-c4ccc5c(c4)oc4cccc(-c6ccc(-c7ccccc7)cc6)c45)n3)cc2)c1. The Morgan fingerprint density at radius 3 is 1.39 bits per heavy atom. The van der Waals surface area contributed by atoms with Crippen LogP contribution in [-0.4, -0.2) is 15.0 Å². The van der Waals surface area contributed by atoms with Crippen molar-refractivity contribution in [3.63, 3.8) is 0 Å². The first-order valence-corrected chi connectivity index (χ1v) is 18.8. The van der Waals surface area contributed by atoms with Gasteiger partial charge in [-0.15, -0.1) is 0 Å². The van der Waals surface area contributed by atoms with E-state index in [-0.39, 0.29) is 0 Å².